The average molecular weight is 622 g/mol. The average Bonchev–Trinajstić information content (AvgIpc) is 2.99. The summed E-state index contributed by atoms with van der Waals surface area (Å²) < 4.78 is 41.9. The van der Waals surface area contributed by atoms with Crippen LogP contribution in [0.5, 0.6) is 0 Å². The molecular formula is C35H44FN3O4S. The van der Waals surface area contributed by atoms with Gasteiger partial charge in [0.25, 0.3) is 0 Å². The monoisotopic (exact) mass is 621 g/mol. The summed E-state index contributed by atoms with van der Waals surface area (Å²) in [6.07, 6.45) is 6.68. The molecule has 1 unspecified atom stereocenters. The molecule has 1 fully saturated rings. The summed E-state index contributed by atoms with van der Waals surface area (Å²) in [4.78, 5) is 29.4. The second kappa shape index (κ2) is 15.3. The minimum Gasteiger partial charge on any atom is -0.352 e. The van der Waals surface area contributed by atoms with Gasteiger partial charge in [-0.3, -0.25) is 13.9 Å². The van der Waals surface area contributed by atoms with Crippen LogP contribution in [0.1, 0.15) is 67.2 Å². The Bertz CT molecular complexity index is 1520. The standard InChI is InChI=1S/C35H44FN3O4S/c1-26-20-21-27(2)32(23-26)39(44(3,42)43)22-12-19-34(40)38(25-29-15-10-11-18-31(29)36)33(24-28-13-6-4-7-14-28)35(41)37-30-16-8-5-9-17-30/h4,6-7,10-11,13-15,18,20-21,23,30,33H,5,8-9,12,16-17,19,22,24-25H2,1-3H3,(H,37,41). The molecule has 1 aliphatic rings. The minimum absolute atomic E-state index is 0.00661. The van der Waals surface area contributed by atoms with Gasteiger partial charge in [-0.1, -0.05) is 79.9 Å². The van der Waals surface area contributed by atoms with E-state index in [4.69, 9.17) is 0 Å². The van der Waals surface area contributed by atoms with E-state index < -0.39 is 21.9 Å². The molecule has 1 N–H and O–H groups in total. The van der Waals surface area contributed by atoms with Crippen LogP contribution < -0.4 is 9.62 Å². The molecule has 1 aliphatic carbocycles. The Balaban J connectivity index is 1.61. The third-order valence-electron chi connectivity index (χ3n) is 8.31. The summed E-state index contributed by atoms with van der Waals surface area (Å²) in [6, 6.07) is 20.6. The normalized spacial score (nSPS) is 14.5. The molecule has 0 spiro atoms. The fourth-order valence-electron chi connectivity index (χ4n) is 5.88. The number of anilines is 1. The summed E-state index contributed by atoms with van der Waals surface area (Å²) in [5, 5.41) is 3.19. The zero-order valence-electron chi connectivity index (χ0n) is 26.0. The predicted molar refractivity (Wildman–Crippen MR) is 173 cm³/mol. The summed E-state index contributed by atoms with van der Waals surface area (Å²) in [7, 11) is -3.62. The van der Waals surface area contributed by atoms with Gasteiger partial charge >= 0.3 is 0 Å². The number of rotatable bonds is 13. The molecule has 7 nitrogen and oxygen atoms in total. The minimum atomic E-state index is -3.62. The van der Waals surface area contributed by atoms with Crippen LogP contribution in [0.15, 0.2) is 72.8 Å². The summed E-state index contributed by atoms with van der Waals surface area (Å²) in [5.74, 6) is -1.03. The van der Waals surface area contributed by atoms with E-state index in [2.05, 4.69) is 5.32 Å². The van der Waals surface area contributed by atoms with E-state index in [1.165, 1.54) is 15.3 Å². The van der Waals surface area contributed by atoms with Crippen LogP contribution in [0.3, 0.4) is 0 Å². The van der Waals surface area contributed by atoms with Crippen molar-refractivity contribution >= 4 is 27.5 Å². The molecule has 44 heavy (non-hydrogen) atoms. The molecule has 1 saturated carbocycles. The van der Waals surface area contributed by atoms with Gasteiger partial charge in [-0.05, 0) is 61.9 Å². The quantitative estimate of drug-likeness (QED) is 0.251. The highest BCUT2D eigenvalue weighted by Crippen LogP contribution is 2.25. The highest BCUT2D eigenvalue weighted by Gasteiger charge is 2.32. The summed E-state index contributed by atoms with van der Waals surface area (Å²) in [5.41, 5.74) is 3.53. The maximum Gasteiger partial charge on any atom is 0.243 e. The van der Waals surface area contributed by atoms with Gasteiger partial charge in [-0.25, -0.2) is 12.8 Å². The first-order valence-corrected chi connectivity index (χ1v) is 17.3. The van der Waals surface area contributed by atoms with E-state index in [1.807, 2.05) is 62.4 Å². The fraction of sp³-hybridized carbons (Fsp3) is 0.429. The largest absolute Gasteiger partial charge is 0.352 e. The lowest BCUT2D eigenvalue weighted by Gasteiger charge is -2.34. The zero-order valence-corrected chi connectivity index (χ0v) is 26.8. The van der Waals surface area contributed by atoms with Crippen LogP contribution in [0, 0.1) is 19.7 Å². The number of carbonyl (C=O) groups is 2. The number of sulfonamides is 1. The van der Waals surface area contributed by atoms with Crippen molar-refractivity contribution < 1.29 is 22.4 Å². The second-order valence-corrected chi connectivity index (χ2v) is 13.8. The first kappa shape index (κ1) is 33.2. The van der Waals surface area contributed by atoms with Gasteiger partial charge in [0.15, 0.2) is 0 Å². The third-order valence-corrected chi connectivity index (χ3v) is 9.49. The Morgan fingerprint density at radius 3 is 2.32 bits per heavy atom. The van der Waals surface area contributed by atoms with Gasteiger partial charge in [-0.15, -0.1) is 0 Å². The zero-order chi connectivity index (χ0) is 31.7. The Hall–Kier alpha value is -3.72. The number of nitrogens with one attached hydrogen (secondary N) is 1. The molecule has 236 valence electrons. The van der Waals surface area contributed by atoms with E-state index in [0.29, 0.717) is 11.3 Å². The third kappa shape index (κ3) is 9.14. The Kier molecular flexibility index (Phi) is 11.6. The van der Waals surface area contributed by atoms with Crippen LogP contribution >= 0.6 is 0 Å². The van der Waals surface area contributed by atoms with Gasteiger partial charge in [0, 0.05) is 37.5 Å². The summed E-state index contributed by atoms with van der Waals surface area (Å²) in [6.45, 7) is 3.78. The van der Waals surface area contributed by atoms with Crippen LogP contribution in [-0.2, 0) is 32.6 Å². The van der Waals surface area contributed by atoms with Crippen LogP contribution in [0.25, 0.3) is 0 Å². The fourth-order valence-corrected chi connectivity index (χ4v) is 6.89. The highest BCUT2D eigenvalue weighted by molar-refractivity contribution is 7.92. The van der Waals surface area contributed by atoms with Crippen molar-refractivity contribution in [2.75, 3.05) is 17.1 Å². The first-order chi connectivity index (χ1) is 21.0. The molecule has 9 heteroatoms. The lowest BCUT2D eigenvalue weighted by Crippen LogP contribution is -2.53. The van der Waals surface area contributed by atoms with Crippen molar-refractivity contribution in [2.45, 2.75) is 83.8 Å². The van der Waals surface area contributed by atoms with Gasteiger partial charge < -0.3 is 10.2 Å². The topological polar surface area (TPSA) is 86.8 Å². The van der Waals surface area contributed by atoms with Crippen molar-refractivity contribution in [1.82, 2.24) is 10.2 Å². The first-order valence-electron chi connectivity index (χ1n) is 15.4. The summed E-state index contributed by atoms with van der Waals surface area (Å²) >= 11 is 0. The Labute approximate surface area is 261 Å². The molecule has 3 aromatic rings. The molecule has 0 aromatic heterocycles. The van der Waals surface area contributed by atoms with Crippen molar-refractivity contribution in [3.8, 4) is 0 Å². The maximum absolute atomic E-state index is 14.9. The molecule has 0 bridgehead atoms. The number of nitrogens with zero attached hydrogens (tertiary/aromatic N) is 2. The van der Waals surface area contributed by atoms with Crippen LogP contribution in [0.2, 0.25) is 0 Å². The van der Waals surface area contributed by atoms with Crippen molar-refractivity contribution in [1.29, 1.82) is 0 Å². The number of amides is 2. The number of halogens is 1. The van der Waals surface area contributed by atoms with Crippen molar-refractivity contribution in [3.63, 3.8) is 0 Å². The van der Waals surface area contributed by atoms with Crippen LogP contribution in [0.4, 0.5) is 10.1 Å². The van der Waals surface area contributed by atoms with E-state index in [-0.39, 0.29) is 50.2 Å². The van der Waals surface area contributed by atoms with Crippen molar-refractivity contribution in [3.05, 3.63) is 101 Å². The lowest BCUT2D eigenvalue weighted by molar-refractivity contribution is -0.141. The molecule has 3 aromatic carbocycles. The predicted octanol–water partition coefficient (Wildman–Crippen LogP) is 6.08. The number of hydrogen-bond acceptors (Lipinski definition) is 4. The van der Waals surface area contributed by atoms with Gasteiger partial charge in [0.1, 0.15) is 11.9 Å². The molecule has 2 amide bonds. The van der Waals surface area contributed by atoms with E-state index in [1.54, 1.807) is 18.2 Å². The number of carbonyl (C=O) groups excluding carboxylic acids is 2. The number of hydrogen-bond donors (Lipinski definition) is 1. The Morgan fingerprint density at radius 2 is 1.64 bits per heavy atom. The van der Waals surface area contributed by atoms with E-state index in [0.717, 1.165) is 55.1 Å². The number of benzene rings is 3. The van der Waals surface area contributed by atoms with Gasteiger partial charge in [0.2, 0.25) is 21.8 Å². The van der Waals surface area contributed by atoms with Gasteiger partial charge in [0.05, 0.1) is 11.9 Å². The smallest absolute Gasteiger partial charge is 0.243 e. The molecular weight excluding hydrogens is 577 g/mol. The van der Waals surface area contributed by atoms with Crippen LogP contribution in [-0.4, -0.2) is 50.0 Å². The Morgan fingerprint density at radius 1 is 0.955 bits per heavy atom. The van der Waals surface area contributed by atoms with Crippen molar-refractivity contribution in [2.24, 2.45) is 0 Å². The van der Waals surface area contributed by atoms with Gasteiger partial charge in [-0.2, -0.15) is 0 Å². The maximum atomic E-state index is 14.9. The molecule has 0 radical (unpaired) electrons. The molecule has 0 aliphatic heterocycles. The van der Waals surface area contributed by atoms with E-state index in [9.17, 15) is 22.4 Å². The molecule has 4 rings (SSSR count). The molecule has 1 atom stereocenters. The highest BCUT2D eigenvalue weighted by atomic mass is 32.2. The van der Waals surface area contributed by atoms with E-state index >= 15 is 0 Å². The second-order valence-electron chi connectivity index (χ2n) is 11.9. The lowest BCUT2D eigenvalue weighted by atomic mass is 9.94. The SMILES string of the molecule is Cc1ccc(C)c(N(CCCC(=O)N(Cc2ccccc2F)C(Cc2ccccc2)C(=O)NC2CCCCC2)S(C)(=O)=O)c1. The molecule has 0 saturated heterocycles. The number of aryl methyl sites for hydroxylation is 2. The molecule has 0 heterocycles.